The van der Waals surface area contributed by atoms with Gasteiger partial charge >= 0.3 is 0 Å². The number of rotatable bonds is 4. The van der Waals surface area contributed by atoms with Crippen LogP contribution in [-0.4, -0.2) is 34.9 Å². The second kappa shape index (κ2) is 6.79. The molecule has 5 heteroatoms. The fraction of sp³-hybridized carbons (Fsp3) is 0.600. The van der Waals surface area contributed by atoms with Crippen LogP contribution in [0, 0.1) is 5.82 Å². The summed E-state index contributed by atoms with van der Waals surface area (Å²) < 4.78 is 12.9. The molecule has 1 aliphatic heterocycles. The highest BCUT2D eigenvalue weighted by molar-refractivity contribution is 5.73. The van der Waals surface area contributed by atoms with E-state index < -0.39 is 0 Å². The zero-order valence-electron chi connectivity index (χ0n) is 12.1. The van der Waals surface area contributed by atoms with Gasteiger partial charge in [0, 0.05) is 32.1 Å². The number of amides is 1. The normalized spacial score (nSPS) is 18.1. The summed E-state index contributed by atoms with van der Waals surface area (Å²) in [6.45, 7) is 5.32. The van der Waals surface area contributed by atoms with Crippen molar-refractivity contribution in [2.45, 2.75) is 45.2 Å². The SMILES string of the molecule is CCC(NC1CCN(C(C)=O)CC1)c1ccc(F)cn1. The van der Waals surface area contributed by atoms with Crippen LogP contribution in [0.2, 0.25) is 0 Å². The van der Waals surface area contributed by atoms with Gasteiger partial charge in [-0.2, -0.15) is 0 Å². The third-order valence-electron chi connectivity index (χ3n) is 3.89. The molecule has 1 aromatic rings. The number of hydrogen-bond acceptors (Lipinski definition) is 3. The Morgan fingerprint density at radius 1 is 1.50 bits per heavy atom. The molecule has 0 aromatic carbocycles. The maximum atomic E-state index is 12.9. The fourth-order valence-corrected chi connectivity index (χ4v) is 2.65. The van der Waals surface area contributed by atoms with Crippen molar-refractivity contribution in [3.8, 4) is 0 Å². The van der Waals surface area contributed by atoms with Crippen LogP contribution in [0.25, 0.3) is 0 Å². The lowest BCUT2D eigenvalue weighted by molar-refractivity contribution is -0.129. The van der Waals surface area contributed by atoms with Gasteiger partial charge in [0.1, 0.15) is 5.82 Å². The first kappa shape index (κ1) is 14.9. The summed E-state index contributed by atoms with van der Waals surface area (Å²) in [5.74, 6) is -0.158. The van der Waals surface area contributed by atoms with Gasteiger partial charge in [-0.3, -0.25) is 9.78 Å². The standard InChI is InChI=1S/C15H22FN3O/c1-3-14(15-5-4-12(16)10-17-15)18-13-6-8-19(9-7-13)11(2)20/h4-5,10,13-14,18H,3,6-9H2,1-2H3. The maximum Gasteiger partial charge on any atom is 0.219 e. The number of nitrogens with zero attached hydrogens (tertiary/aromatic N) is 2. The number of carbonyl (C=O) groups is 1. The minimum absolute atomic E-state index is 0.143. The molecule has 1 unspecified atom stereocenters. The Balaban J connectivity index is 1.91. The zero-order valence-corrected chi connectivity index (χ0v) is 12.1. The Morgan fingerprint density at radius 3 is 2.70 bits per heavy atom. The third-order valence-corrected chi connectivity index (χ3v) is 3.89. The highest BCUT2D eigenvalue weighted by Crippen LogP contribution is 2.19. The summed E-state index contributed by atoms with van der Waals surface area (Å²) in [4.78, 5) is 17.3. The molecule has 0 radical (unpaired) electrons. The van der Waals surface area contributed by atoms with E-state index in [9.17, 15) is 9.18 Å². The fourth-order valence-electron chi connectivity index (χ4n) is 2.65. The van der Waals surface area contributed by atoms with Gasteiger partial charge in [-0.1, -0.05) is 6.92 Å². The number of nitrogens with one attached hydrogen (secondary N) is 1. The van der Waals surface area contributed by atoms with Crippen molar-refractivity contribution < 1.29 is 9.18 Å². The second-order valence-corrected chi connectivity index (χ2v) is 5.31. The van der Waals surface area contributed by atoms with E-state index in [-0.39, 0.29) is 17.8 Å². The molecule has 1 saturated heterocycles. The summed E-state index contributed by atoms with van der Waals surface area (Å²) in [5, 5.41) is 3.58. The Hall–Kier alpha value is -1.49. The number of likely N-dealkylation sites (tertiary alicyclic amines) is 1. The second-order valence-electron chi connectivity index (χ2n) is 5.31. The van der Waals surface area contributed by atoms with E-state index in [4.69, 9.17) is 0 Å². The van der Waals surface area contributed by atoms with E-state index in [1.54, 1.807) is 13.0 Å². The van der Waals surface area contributed by atoms with E-state index in [1.165, 1.54) is 12.3 Å². The number of pyridine rings is 1. The van der Waals surface area contributed by atoms with Crippen LogP contribution in [0.4, 0.5) is 4.39 Å². The van der Waals surface area contributed by atoms with Crippen LogP contribution in [-0.2, 0) is 4.79 Å². The summed E-state index contributed by atoms with van der Waals surface area (Å²) in [6, 6.07) is 3.72. The van der Waals surface area contributed by atoms with E-state index in [0.717, 1.165) is 38.0 Å². The molecule has 0 spiro atoms. The molecule has 2 rings (SSSR count). The van der Waals surface area contributed by atoms with Crippen molar-refractivity contribution in [3.63, 3.8) is 0 Å². The van der Waals surface area contributed by atoms with Crippen molar-refractivity contribution in [3.05, 3.63) is 29.8 Å². The molecule has 1 N–H and O–H groups in total. The minimum atomic E-state index is -0.307. The molecule has 0 bridgehead atoms. The van der Waals surface area contributed by atoms with Crippen molar-refractivity contribution >= 4 is 5.91 Å². The Bertz CT molecular complexity index is 441. The first-order valence-electron chi connectivity index (χ1n) is 7.23. The van der Waals surface area contributed by atoms with Crippen LogP contribution in [0.15, 0.2) is 18.3 Å². The predicted molar refractivity (Wildman–Crippen MR) is 75.6 cm³/mol. The molecule has 2 heterocycles. The number of hydrogen-bond donors (Lipinski definition) is 1. The van der Waals surface area contributed by atoms with Crippen LogP contribution >= 0.6 is 0 Å². The highest BCUT2D eigenvalue weighted by Gasteiger charge is 2.23. The molecule has 4 nitrogen and oxygen atoms in total. The van der Waals surface area contributed by atoms with Gasteiger partial charge in [-0.05, 0) is 31.4 Å². The monoisotopic (exact) mass is 279 g/mol. The first-order valence-corrected chi connectivity index (χ1v) is 7.23. The zero-order chi connectivity index (χ0) is 14.5. The number of carbonyl (C=O) groups excluding carboxylic acids is 1. The number of piperidine rings is 1. The molecule has 1 aromatic heterocycles. The Kier molecular flexibility index (Phi) is 5.06. The predicted octanol–water partition coefficient (Wildman–Crippen LogP) is 2.27. The van der Waals surface area contributed by atoms with Crippen molar-refractivity contribution in [1.82, 2.24) is 15.2 Å². The van der Waals surface area contributed by atoms with Crippen molar-refractivity contribution in [2.24, 2.45) is 0 Å². The number of halogens is 1. The van der Waals surface area contributed by atoms with Gasteiger partial charge < -0.3 is 10.2 Å². The molecular formula is C15H22FN3O. The van der Waals surface area contributed by atoms with E-state index in [1.807, 2.05) is 4.90 Å². The van der Waals surface area contributed by atoms with Crippen molar-refractivity contribution in [2.75, 3.05) is 13.1 Å². The smallest absolute Gasteiger partial charge is 0.219 e. The molecular weight excluding hydrogens is 257 g/mol. The lowest BCUT2D eigenvalue weighted by Crippen LogP contribution is -2.45. The molecule has 0 aliphatic carbocycles. The minimum Gasteiger partial charge on any atom is -0.343 e. The Morgan fingerprint density at radius 2 is 2.20 bits per heavy atom. The molecule has 0 saturated carbocycles. The van der Waals surface area contributed by atoms with Crippen LogP contribution in [0.3, 0.4) is 0 Å². The van der Waals surface area contributed by atoms with Gasteiger partial charge in [0.2, 0.25) is 5.91 Å². The van der Waals surface area contributed by atoms with Gasteiger partial charge in [-0.25, -0.2) is 4.39 Å². The molecule has 1 fully saturated rings. The lowest BCUT2D eigenvalue weighted by Gasteiger charge is -2.33. The first-order chi connectivity index (χ1) is 9.60. The lowest BCUT2D eigenvalue weighted by atomic mass is 10.0. The van der Waals surface area contributed by atoms with E-state index in [0.29, 0.717) is 6.04 Å². The van der Waals surface area contributed by atoms with Crippen molar-refractivity contribution in [1.29, 1.82) is 0 Å². The largest absolute Gasteiger partial charge is 0.343 e. The van der Waals surface area contributed by atoms with Gasteiger partial charge in [0.05, 0.1) is 11.9 Å². The molecule has 1 aliphatic rings. The molecule has 20 heavy (non-hydrogen) atoms. The van der Waals surface area contributed by atoms with Gasteiger partial charge in [-0.15, -0.1) is 0 Å². The van der Waals surface area contributed by atoms with E-state index in [2.05, 4.69) is 17.2 Å². The molecule has 1 atom stereocenters. The molecule has 1 amide bonds. The van der Waals surface area contributed by atoms with Gasteiger partial charge in [0.15, 0.2) is 0 Å². The van der Waals surface area contributed by atoms with E-state index >= 15 is 0 Å². The summed E-state index contributed by atoms with van der Waals surface area (Å²) >= 11 is 0. The topological polar surface area (TPSA) is 45.2 Å². The summed E-state index contributed by atoms with van der Waals surface area (Å²) in [7, 11) is 0. The van der Waals surface area contributed by atoms with Crippen LogP contribution in [0.5, 0.6) is 0 Å². The maximum absolute atomic E-state index is 12.9. The number of aromatic nitrogens is 1. The Labute approximate surface area is 119 Å². The van der Waals surface area contributed by atoms with Gasteiger partial charge in [0.25, 0.3) is 0 Å². The van der Waals surface area contributed by atoms with Crippen LogP contribution < -0.4 is 5.32 Å². The average molecular weight is 279 g/mol. The quantitative estimate of drug-likeness (QED) is 0.919. The third kappa shape index (κ3) is 3.76. The highest BCUT2D eigenvalue weighted by atomic mass is 19.1. The van der Waals surface area contributed by atoms with Crippen LogP contribution in [0.1, 0.15) is 44.8 Å². The summed E-state index contributed by atoms with van der Waals surface area (Å²) in [5.41, 5.74) is 0.878. The summed E-state index contributed by atoms with van der Waals surface area (Å²) in [6.07, 6.45) is 4.08. The molecule has 110 valence electrons. The average Bonchev–Trinajstić information content (AvgIpc) is 2.46.